The molecular formula is C29H32ClF2N3O3. The third kappa shape index (κ3) is 7.28. The fourth-order valence-corrected chi connectivity index (χ4v) is 4.22. The first-order valence-electron chi connectivity index (χ1n) is 12.4. The molecule has 1 unspecified atom stereocenters. The molecule has 1 atom stereocenters. The van der Waals surface area contributed by atoms with E-state index in [0.717, 1.165) is 0 Å². The van der Waals surface area contributed by atoms with Crippen LogP contribution in [0.3, 0.4) is 0 Å². The van der Waals surface area contributed by atoms with Gasteiger partial charge in [-0.25, -0.2) is 13.6 Å². The van der Waals surface area contributed by atoms with E-state index in [1.807, 2.05) is 33.8 Å². The van der Waals surface area contributed by atoms with Crippen molar-refractivity contribution in [2.75, 3.05) is 18.0 Å². The number of amides is 2. The summed E-state index contributed by atoms with van der Waals surface area (Å²) in [5.74, 6) is -0.475. The molecule has 202 valence electrons. The summed E-state index contributed by atoms with van der Waals surface area (Å²) in [7, 11) is 0. The number of rotatable bonds is 6. The predicted molar refractivity (Wildman–Crippen MR) is 146 cm³/mol. The molecule has 2 aromatic carbocycles. The van der Waals surface area contributed by atoms with Crippen molar-refractivity contribution in [1.82, 2.24) is 10.3 Å². The molecule has 1 N–H and O–H groups in total. The summed E-state index contributed by atoms with van der Waals surface area (Å²) in [4.78, 5) is 28.2. The van der Waals surface area contributed by atoms with Crippen molar-refractivity contribution >= 4 is 29.3 Å². The normalized spacial score (nSPS) is 14.8. The van der Waals surface area contributed by atoms with E-state index in [-0.39, 0.29) is 35.9 Å². The highest BCUT2D eigenvalue weighted by atomic mass is 35.5. The highest BCUT2D eigenvalue weighted by molar-refractivity contribution is 6.33. The minimum Gasteiger partial charge on any atom is -0.442 e. The molecule has 1 aliphatic heterocycles. The number of ether oxygens (including phenoxy) is 1. The van der Waals surface area contributed by atoms with Crippen LogP contribution in [0.2, 0.25) is 5.02 Å². The van der Waals surface area contributed by atoms with Crippen molar-refractivity contribution in [1.29, 1.82) is 0 Å². The molecule has 2 amide bonds. The van der Waals surface area contributed by atoms with Crippen molar-refractivity contribution in [2.45, 2.75) is 52.6 Å². The van der Waals surface area contributed by atoms with Crippen LogP contribution >= 0.6 is 11.6 Å². The molecule has 38 heavy (non-hydrogen) atoms. The third-order valence-electron chi connectivity index (χ3n) is 6.02. The second-order valence-corrected chi connectivity index (χ2v) is 10.0. The van der Waals surface area contributed by atoms with Crippen LogP contribution in [-0.2, 0) is 9.53 Å². The van der Waals surface area contributed by atoms with Crippen LogP contribution < -0.4 is 10.2 Å². The van der Waals surface area contributed by atoms with Crippen molar-refractivity contribution in [3.8, 4) is 11.3 Å². The molecule has 0 spiro atoms. The molecular weight excluding hydrogens is 512 g/mol. The molecule has 2 heterocycles. The minimum atomic E-state index is -0.526. The summed E-state index contributed by atoms with van der Waals surface area (Å²) in [6, 6.07) is 13.4. The lowest BCUT2D eigenvalue weighted by atomic mass is 10.00. The SMILES string of the molecule is CC(=O)NCC1CN(c2ccc(C(C)C)c(F)c2)C(=O)O1.CC(C)c1ccc(-c2ncccc2Cl)cc1F. The Kier molecular flexibility index (Phi) is 9.80. The summed E-state index contributed by atoms with van der Waals surface area (Å²) in [5.41, 5.74) is 3.11. The topological polar surface area (TPSA) is 71.5 Å². The van der Waals surface area contributed by atoms with Crippen LogP contribution in [0.5, 0.6) is 0 Å². The second-order valence-electron chi connectivity index (χ2n) is 9.64. The Morgan fingerprint density at radius 3 is 2.26 bits per heavy atom. The standard InChI is InChI=1S/C15H19FN2O3.C14H13ClFN/c1-9(2)13-5-4-11(6-14(13)16)18-8-12(21-15(18)20)7-17-10(3)19;1-9(2)11-6-5-10(8-13(11)16)14-12(15)4-3-7-17-14/h4-6,9,12H,7-8H2,1-3H3,(H,17,19);3-9H,1-2H3. The van der Waals surface area contributed by atoms with Crippen LogP contribution in [0.25, 0.3) is 11.3 Å². The zero-order chi connectivity index (χ0) is 28.0. The first kappa shape index (κ1) is 29.0. The van der Waals surface area contributed by atoms with Gasteiger partial charge < -0.3 is 10.1 Å². The molecule has 9 heteroatoms. The Balaban J connectivity index is 0.000000215. The molecule has 1 saturated heterocycles. The maximum absolute atomic E-state index is 14.0. The Hall–Kier alpha value is -3.52. The first-order valence-corrected chi connectivity index (χ1v) is 12.8. The molecule has 1 aromatic heterocycles. The van der Waals surface area contributed by atoms with E-state index in [0.29, 0.717) is 39.6 Å². The number of anilines is 1. The number of carbonyl (C=O) groups is 2. The quantitative estimate of drug-likeness (QED) is 0.361. The lowest BCUT2D eigenvalue weighted by Gasteiger charge is -2.15. The summed E-state index contributed by atoms with van der Waals surface area (Å²) in [6.07, 6.45) is 0.700. The van der Waals surface area contributed by atoms with Gasteiger partial charge in [-0.2, -0.15) is 0 Å². The average molecular weight is 544 g/mol. The highest BCUT2D eigenvalue weighted by Crippen LogP contribution is 2.29. The number of carbonyl (C=O) groups excluding carboxylic acids is 2. The maximum atomic E-state index is 14.0. The predicted octanol–water partition coefficient (Wildman–Crippen LogP) is 7.07. The van der Waals surface area contributed by atoms with E-state index < -0.39 is 12.2 Å². The van der Waals surface area contributed by atoms with Crippen molar-refractivity contribution in [3.05, 3.63) is 82.5 Å². The van der Waals surface area contributed by atoms with Crippen LogP contribution in [-0.4, -0.2) is 36.2 Å². The molecule has 0 saturated carbocycles. The largest absolute Gasteiger partial charge is 0.442 e. The fourth-order valence-electron chi connectivity index (χ4n) is 3.99. The molecule has 1 fully saturated rings. The van der Waals surface area contributed by atoms with Crippen LogP contribution in [0, 0.1) is 11.6 Å². The molecule has 0 radical (unpaired) electrons. The molecule has 0 aliphatic carbocycles. The van der Waals surface area contributed by atoms with E-state index in [1.165, 1.54) is 24.0 Å². The molecule has 1 aliphatic rings. The number of halogens is 3. The fraction of sp³-hybridized carbons (Fsp3) is 0.345. The summed E-state index contributed by atoms with van der Waals surface area (Å²) in [5, 5.41) is 3.13. The third-order valence-corrected chi connectivity index (χ3v) is 6.33. The lowest BCUT2D eigenvalue weighted by molar-refractivity contribution is -0.119. The maximum Gasteiger partial charge on any atom is 0.414 e. The number of cyclic esters (lactones) is 1. The van der Waals surface area contributed by atoms with Gasteiger partial charge in [-0.3, -0.25) is 14.7 Å². The first-order chi connectivity index (χ1) is 18.0. The van der Waals surface area contributed by atoms with E-state index in [4.69, 9.17) is 16.3 Å². The van der Waals surface area contributed by atoms with Crippen LogP contribution in [0.1, 0.15) is 57.6 Å². The monoisotopic (exact) mass is 543 g/mol. The Morgan fingerprint density at radius 1 is 1.08 bits per heavy atom. The summed E-state index contributed by atoms with van der Waals surface area (Å²) in [6.45, 7) is 9.69. The van der Waals surface area contributed by atoms with Gasteiger partial charge in [0.2, 0.25) is 5.91 Å². The minimum absolute atomic E-state index is 0.0806. The van der Waals surface area contributed by atoms with Crippen molar-refractivity contribution in [2.24, 2.45) is 0 Å². The van der Waals surface area contributed by atoms with Gasteiger partial charge in [0.05, 0.1) is 29.5 Å². The van der Waals surface area contributed by atoms with Gasteiger partial charge in [0, 0.05) is 18.7 Å². The van der Waals surface area contributed by atoms with Gasteiger partial charge in [-0.15, -0.1) is 0 Å². The number of aromatic nitrogens is 1. The number of hydrogen-bond acceptors (Lipinski definition) is 4. The van der Waals surface area contributed by atoms with Gasteiger partial charge in [0.25, 0.3) is 0 Å². The Bertz CT molecular complexity index is 1300. The van der Waals surface area contributed by atoms with Gasteiger partial charge in [0.15, 0.2) is 0 Å². The number of hydrogen-bond donors (Lipinski definition) is 1. The Labute approximate surface area is 227 Å². The average Bonchev–Trinajstić information content (AvgIpc) is 3.23. The van der Waals surface area contributed by atoms with E-state index in [2.05, 4.69) is 10.3 Å². The summed E-state index contributed by atoms with van der Waals surface area (Å²) < 4.78 is 33.0. The lowest BCUT2D eigenvalue weighted by Crippen LogP contribution is -2.33. The van der Waals surface area contributed by atoms with E-state index in [1.54, 1.807) is 36.5 Å². The second kappa shape index (κ2) is 12.8. The van der Waals surface area contributed by atoms with Gasteiger partial charge in [-0.1, -0.05) is 57.5 Å². The number of nitrogens with zero attached hydrogens (tertiary/aromatic N) is 2. The molecule has 6 nitrogen and oxygen atoms in total. The highest BCUT2D eigenvalue weighted by Gasteiger charge is 2.32. The Morgan fingerprint density at radius 2 is 1.71 bits per heavy atom. The van der Waals surface area contributed by atoms with Crippen LogP contribution in [0.15, 0.2) is 54.7 Å². The number of nitrogens with one attached hydrogen (secondary N) is 1. The zero-order valence-corrected chi connectivity index (χ0v) is 22.9. The number of benzene rings is 2. The van der Waals surface area contributed by atoms with Crippen molar-refractivity contribution in [3.63, 3.8) is 0 Å². The summed E-state index contributed by atoms with van der Waals surface area (Å²) >= 11 is 6.03. The van der Waals surface area contributed by atoms with Gasteiger partial charge in [0.1, 0.15) is 17.7 Å². The van der Waals surface area contributed by atoms with Crippen LogP contribution in [0.4, 0.5) is 19.3 Å². The van der Waals surface area contributed by atoms with Gasteiger partial charge >= 0.3 is 6.09 Å². The number of pyridine rings is 1. The van der Waals surface area contributed by atoms with Crippen molar-refractivity contribution < 1.29 is 23.1 Å². The zero-order valence-electron chi connectivity index (χ0n) is 22.1. The molecule has 4 rings (SSSR count). The molecule has 0 bridgehead atoms. The van der Waals surface area contributed by atoms with Gasteiger partial charge in [-0.05, 0) is 53.3 Å². The molecule has 3 aromatic rings. The van der Waals surface area contributed by atoms with E-state index in [9.17, 15) is 18.4 Å². The van der Waals surface area contributed by atoms with E-state index >= 15 is 0 Å². The smallest absolute Gasteiger partial charge is 0.414 e.